The molecule has 2 nitrogen and oxygen atoms in total. The summed E-state index contributed by atoms with van der Waals surface area (Å²) in [6.07, 6.45) is -10.1. The number of alkyl halides is 6. The molecule has 1 N–H and O–H groups in total. The molecule has 0 saturated carbocycles. The first kappa shape index (κ1) is 27.3. The molecule has 0 fully saturated rings. The molecule has 3 rings (SSSR count). The van der Waals surface area contributed by atoms with Gasteiger partial charge in [-0.05, 0) is 47.4 Å². The van der Waals surface area contributed by atoms with Crippen LogP contribution >= 0.6 is 46.1 Å². The van der Waals surface area contributed by atoms with E-state index in [1.807, 2.05) is 0 Å². The molecule has 0 spiro atoms. The zero-order valence-corrected chi connectivity index (χ0v) is 20.0. The van der Waals surface area contributed by atoms with Gasteiger partial charge in [-0.2, -0.15) is 37.7 Å². The number of amides is 1. The second-order valence-electron chi connectivity index (χ2n) is 7.06. The topological polar surface area (TPSA) is 29.1 Å². The third-order valence-corrected chi connectivity index (χ3v) is 6.54. The van der Waals surface area contributed by atoms with Gasteiger partial charge in [-0.15, -0.1) is 0 Å². The van der Waals surface area contributed by atoms with Crippen LogP contribution in [0.2, 0.25) is 15.1 Å². The minimum atomic E-state index is -5.10. The molecule has 0 aliphatic rings. The van der Waals surface area contributed by atoms with Crippen LogP contribution in [-0.4, -0.2) is 12.1 Å². The lowest BCUT2D eigenvalue weighted by molar-refractivity contribution is -0.140. The second-order valence-corrected chi connectivity index (χ2v) is 9.03. The highest BCUT2D eigenvalue weighted by Crippen LogP contribution is 2.43. The molecule has 1 aromatic heterocycles. The Labute approximate surface area is 212 Å². The molecule has 0 bridgehead atoms. The number of anilines is 1. The Morgan fingerprint density at radius 2 is 1.60 bits per heavy atom. The second kappa shape index (κ2) is 10.4. The summed E-state index contributed by atoms with van der Waals surface area (Å²) < 4.78 is 96.9. The number of rotatable bonds is 5. The Balaban J connectivity index is 2.05. The molecule has 1 heterocycles. The van der Waals surface area contributed by atoms with Crippen molar-refractivity contribution >= 4 is 63.6 Å². The van der Waals surface area contributed by atoms with E-state index in [1.165, 1.54) is 22.8 Å². The average molecular weight is 577 g/mol. The lowest BCUT2D eigenvalue weighted by atomic mass is 9.95. The fourth-order valence-corrected chi connectivity index (χ4v) is 4.24. The molecular weight excluding hydrogens is 566 g/mol. The predicted molar refractivity (Wildman–Crippen MR) is 123 cm³/mol. The van der Waals surface area contributed by atoms with Crippen LogP contribution in [0, 0.1) is 0 Å². The van der Waals surface area contributed by atoms with Crippen LogP contribution in [-0.2, 0) is 6.18 Å². The van der Waals surface area contributed by atoms with Crippen LogP contribution in [0.1, 0.15) is 33.0 Å². The first-order chi connectivity index (χ1) is 16.2. The zero-order chi connectivity index (χ0) is 26.1. The van der Waals surface area contributed by atoms with Crippen LogP contribution in [0.25, 0.3) is 5.83 Å². The number of nitrogens with one attached hydrogen (secondary N) is 1. The Kier molecular flexibility index (Phi) is 8.10. The summed E-state index contributed by atoms with van der Waals surface area (Å²) in [5.74, 6) is -5.33. The van der Waals surface area contributed by atoms with Crippen molar-refractivity contribution in [1.82, 2.24) is 0 Å². The number of allylic oxidation sites excluding steroid dienone is 1. The van der Waals surface area contributed by atoms with Gasteiger partial charge in [-0.3, -0.25) is 4.79 Å². The number of carbonyl (C=O) groups is 1. The summed E-state index contributed by atoms with van der Waals surface area (Å²) in [6, 6.07) is 4.85. The van der Waals surface area contributed by atoms with E-state index in [9.17, 15) is 35.5 Å². The van der Waals surface area contributed by atoms with Crippen molar-refractivity contribution < 1.29 is 35.5 Å². The molecule has 13 heteroatoms. The van der Waals surface area contributed by atoms with Gasteiger partial charge in [0.15, 0.2) is 0 Å². The molecule has 0 aliphatic heterocycles. The smallest absolute Gasteiger partial charge is 0.321 e. The maximum atomic E-state index is 14.9. The van der Waals surface area contributed by atoms with Gasteiger partial charge in [0.05, 0.1) is 31.9 Å². The van der Waals surface area contributed by atoms with E-state index in [0.29, 0.717) is 6.07 Å². The molecule has 0 aliphatic carbocycles. The Hall–Kier alpha value is -2.27. The lowest BCUT2D eigenvalue weighted by Gasteiger charge is -2.19. The van der Waals surface area contributed by atoms with E-state index in [4.69, 9.17) is 34.8 Å². The maximum absolute atomic E-state index is 14.9. The molecule has 1 atom stereocenters. The van der Waals surface area contributed by atoms with Crippen molar-refractivity contribution in [1.29, 1.82) is 0 Å². The quantitative estimate of drug-likeness (QED) is 0.238. The summed E-state index contributed by atoms with van der Waals surface area (Å²) in [4.78, 5) is 12.3. The SMILES string of the molecule is O=C(Nc1ccsc1)c1ccc(C(F)=CC(c2cc(Cl)c(Cl)c(Cl)c2)C(F)(F)F)cc1C(F)(F)F. The van der Waals surface area contributed by atoms with Gasteiger partial charge < -0.3 is 5.32 Å². The molecule has 0 saturated heterocycles. The monoisotopic (exact) mass is 575 g/mol. The summed E-state index contributed by atoms with van der Waals surface area (Å²) >= 11 is 18.5. The maximum Gasteiger partial charge on any atom is 0.417 e. The number of benzene rings is 2. The Morgan fingerprint density at radius 3 is 2.11 bits per heavy atom. The van der Waals surface area contributed by atoms with E-state index in [0.717, 1.165) is 18.2 Å². The Morgan fingerprint density at radius 1 is 0.971 bits per heavy atom. The normalized spacial score (nSPS) is 13.6. The van der Waals surface area contributed by atoms with Crippen molar-refractivity contribution in [2.45, 2.75) is 18.3 Å². The Bertz CT molecular complexity index is 1250. The first-order valence-electron chi connectivity index (χ1n) is 9.32. The summed E-state index contributed by atoms with van der Waals surface area (Å²) in [5.41, 5.74) is -3.49. The standard InChI is InChI=1S/C22H11Cl3F7NOS/c23-16-6-11(7-17(24)19(16)25)14(21(27,28)29)8-18(26)10-1-2-13(15(5-10)22(30,31)32)20(34)33-12-3-4-35-9-12/h1-9,14H,(H,33,34). The summed E-state index contributed by atoms with van der Waals surface area (Å²) in [6.45, 7) is 0. The van der Waals surface area contributed by atoms with E-state index in [-0.39, 0.29) is 32.9 Å². The van der Waals surface area contributed by atoms with Gasteiger partial charge >= 0.3 is 12.4 Å². The highest BCUT2D eigenvalue weighted by atomic mass is 35.5. The van der Waals surface area contributed by atoms with Crippen molar-refractivity contribution in [3.05, 3.63) is 90.6 Å². The van der Waals surface area contributed by atoms with Gasteiger partial charge in [0, 0.05) is 10.9 Å². The summed E-state index contributed by atoms with van der Waals surface area (Å²) in [5, 5.41) is 4.47. The summed E-state index contributed by atoms with van der Waals surface area (Å²) in [7, 11) is 0. The predicted octanol–water partition coefficient (Wildman–Crippen LogP) is 9.64. The average Bonchev–Trinajstić information content (AvgIpc) is 3.26. The fraction of sp³-hybridized carbons (Fsp3) is 0.136. The van der Waals surface area contributed by atoms with Crippen molar-refractivity contribution in [2.24, 2.45) is 0 Å². The van der Waals surface area contributed by atoms with Gasteiger partial charge in [-0.25, -0.2) is 4.39 Å². The fourth-order valence-electron chi connectivity index (χ4n) is 3.04. The minimum absolute atomic E-state index is 0.0937. The van der Waals surface area contributed by atoms with Crippen molar-refractivity contribution in [3.63, 3.8) is 0 Å². The molecule has 2 aromatic carbocycles. The van der Waals surface area contributed by atoms with Gasteiger partial charge in [0.2, 0.25) is 0 Å². The largest absolute Gasteiger partial charge is 0.417 e. The highest BCUT2D eigenvalue weighted by molar-refractivity contribution is 7.08. The van der Waals surface area contributed by atoms with Gasteiger partial charge in [0.25, 0.3) is 5.91 Å². The van der Waals surface area contributed by atoms with E-state index >= 15 is 0 Å². The van der Waals surface area contributed by atoms with Crippen LogP contribution in [0.3, 0.4) is 0 Å². The van der Waals surface area contributed by atoms with Crippen LogP contribution < -0.4 is 5.32 Å². The van der Waals surface area contributed by atoms with Crippen LogP contribution in [0.15, 0.2) is 53.2 Å². The number of hydrogen-bond acceptors (Lipinski definition) is 2. The number of thiophene rings is 1. The molecule has 1 unspecified atom stereocenters. The van der Waals surface area contributed by atoms with Gasteiger partial charge in [0.1, 0.15) is 11.7 Å². The third kappa shape index (κ3) is 6.49. The van der Waals surface area contributed by atoms with Crippen molar-refractivity contribution in [2.75, 3.05) is 5.32 Å². The highest BCUT2D eigenvalue weighted by Gasteiger charge is 2.41. The van der Waals surface area contributed by atoms with E-state index in [1.54, 1.807) is 5.38 Å². The number of halogens is 10. The molecule has 35 heavy (non-hydrogen) atoms. The molecule has 0 radical (unpaired) electrons. The number of carbonyl (C=O) groups excluding carboxylic acids is 1. The van der Waals surface area contributed by atoms with Crippen LogP contribution in [0.4, 0.5) is 36.4 Å². The van der Waals surface area contributed by atoms with E-state index < -0.39 is 52.3 Å². The lowest BCUT2D eigenvalue weighted by Crippen LogP contribution is -2.20. The van der Waals surface area contributed by atoms with Crippen LogP contribution in [0.5, 0.6) is 0 Å². The zero-order valence-electron chi connectivity index (χ0n) is 16.9. The molecule has 1 amide bonds. The number of hydrogen-bond donors (Lipinski definition) is 1. The molecular formula is C22H11Cl3F7NOS. The minimum Gasteiger partial charge on any atom is -0.321 e. The molecule has 3 aromatic rings. The third-order valence-electron chi connectivity index (χ3n) is 4.66. The van der Waals surface area contributed by atoms with Crippen molar-refractivity contribution in [3.8, 4) is 0 Å². The molecule has 186 valence electrons. The first-order valence-corrected chi connectivity index (χ1v) is 11.4. The van der Waals surface area contributed by atoms with E-state index in [2.05, 4.69) is 5.32 Å². The van der Waals surface area contributed by atoms with Gasteiger partial charge in [-0.1, -0.05) is 40.9 Å².